The van der Waals surface area contributed by atoms with E-state index in [0.717, 1.165) is 17.0 Å². The maximum Gasteiger partial charge on any atom is 0.0344 e. The zero-order valence-electron chi connectivity index (χ0n) is 9.18. The monoisotopic (exact) mass is 230 g/mol. The third-order valence-electron chi connectivity index (χ3n) is 2.40. The molecule has 1 aromatic heterocycles. The Labute approximate surface area is 99.9 Å². The number of pyridine rings is 1. The van der Waals surface area contributed by atoms with E-state index >= 15 is 0 Å². The summed E-state index contributed by atoms with van der Waals surface area (Å²) in [6.45, 7) is 2.03. The minimum absolute atomic E-state index is 0.855. The van der Waals surface area contributed by atoms with Gasteiger partial charge in [-0.15, -0.1) is 11.8 Å². The summed E-state index contributed by atoms with van der Waals surface area (Å²) in [5.41, 5.74) is 9.06. The summed E-state index contributed by atoms with van der Waals surface area (Å²) in [6, 6.07) is 10.2. The molecule has 0 aliphatic heterocycles. The number of nitrogen functional groups attached to an aromatic ring is 1. The van der Waals surface area contributed by atoms with Gasteiger partial charge in [0.2, 0.25) is 0 Å². The predicted octanol–water partition coefficient (Wildman–Crippen LogP) is 3.26. The van der Waals surface area contributed by atoms with E-state index in [9.17, 15) is 0 Å². The molecule has 0 saturated heterocycles. The maximum atomic E-state index is 5.78. The second-order valence-corrected chi connectivity index (χ2v) is 4.71. The topological polar surface area (TPSA) is 38.9 Å². The van der Waals surface area contributed by atoms with E-state index in [1.54, 1.807) is 0 Å². The van der Waals surface area contributed by atoms with Gasteiger partial charge >= 0.3 is 0 Å². The van der Waals surface area contributed by atoms with E-state index < -0.39 is 0 Å². The molecule has 1 heterocycles. The largest absolute Gasteiger partial charge is 0.399 e. The number of anilines is 1. The smallest absolute Gasteiger partial charge is 0.0344 e. The normalized spacial score (nSPS) is 10.3. The van der Waals surface area contributed by atoms with Gasteiger partial charge in [-0.05, 0) is 48.4 Å². The number of thioether (sulfide) groups is 1. The highest BCUT2D eigenvalue weighted by Crippen LogP contribution is 2.25. The van der Waals surface area contributed by atoms with Crippen molar-refractivity contribution < 1.29 is 0 Å². The molecular formula is C13H14N2S. The molecule has 0 atom stereocenters. The molecule has 0 radical (unpaired) electrons. The Hall–Kier alpha value is -1.48. The van der Waals surface area contributed by atoms with Gasteiger partial charge in [-0.2, -0.15) is 0 Å². The lowest BCUT2D eigenvalue weighted by Gasteiger charge is -2.04. The maximum absolute atomic E-state index is 5.78. The van der Waals surface area contributed by atoms with Crippen molar-refractivity contribution in [3.8, 4) is 0 Å². The predicted molar refractivity (Wildman–Crippen MR) is 69.4 cm³/mol. The van der Waals surface area contributed by atoms with E-state index in [0.29, 0.717) is 0 Å². The first-order valence-electron chi connectivity index (χ1n) is 5.13. The van der Waals surface area contributed by atoms with Crippen molar-refractivity contribution in [2.24, 2.45) is 0 Å². The van der Waals surface area contributed by atoms with Crippen molar-refractivity contribution in [2.75, 3.05) is 5.73 Å². The van der Waals surface area contributed by atoms with Gasteiger partial charge in [0, 0.05) is 28.7 Å². The average Bonchev–Trinajstić information content (AvgIpc) is 2.32. The van der Waals surface area contributed by atoms with Crippen LogP contribution < -0.4 is 5.73 Å². The zero-order chi connectivity index (χ0) is 11.4. The SMILES string of the molecule is Cc1cc(SCc2ccncc2)ccc1N. The third-order valence-corrected chi connectivity index (χ3v) is 3.46. The Morgan fingerprint density at radius 3 is 2.62 bits per heavy atom. The van der Waals surface area contributed by atoms with Crippen molar-refractivity contribution in [3.63, 3.8) is 0 Å². The molecule has 0 spiro atoms. The summed E-state index contributed by atoms with van der Waals surface area (Å²) in [6.07, 6.45) is 3.65. The summed E-state index contributed by atoms with van der Waals surface area (Å²) in [4.78, 5) is 5.25. The number of nitrogens with two attached hydrogens (primary N) is 1. The lowest BCUT2D eigenvalue weighted by molar-refractivity contribution is 1.27. The van der Waals surface area contributed by atoms with Gasteiger partial charge in [-0.1, -0.05) is 0 Å². The van der Waals surface area contributed by atoms with Gasteiger partial charge in [-0.3, -0.25) is 4.98 Å². The fourth-order valence-electron chi connectivity index (χ4n) is 1.38. The number of benzene rings is 1. The molecule has 0 amide bonds. The summed E-state index contributed by atoms with van der Waals surface area (Å²) in [5, 5.41) is 0. The lowest BCUT2D eigenvalue weighted by atomic mass is 10.2. The highest BCUT2D eigenvalue weighted by atomic mass is 32.2. The molecule has 2 aromatic rings. The number of aryl methyl sites for hydroxylation is 1. The van der Waals surface area contributed by atoms with Crippen LogP contribution in [0.2, 0.25) is 0 Å². The standard InChI is InChI=1S/C13H14N2S/c1-10-8-12(2-3-13(10)14)16-9-11-4-6-15-7-5-11/h2-8H,9,14H2,1H3. The Morgan fingerprint density at radius 2 is 1.94 bits per heavy atom. The molecule has 16 heavy (non-hydrogen) atoms. The number of aromatic nitrogens is 1. The lowest BCUT2D eigenvalue weighted by Crippen LogP contribution is -1.89. The first-order valence-corrected chi connectivity index (χ1v) is 6.12. The van der Waals surface area contributed by atoms with Crippen molar-refractivity contribution in [1.82, 2.24) is 4.98 Å². The highest BCUT2D eigenvalue weighted by molar-refractivity contribution is 7.98. The van der Waals surface area contributed by atoms with Crippen molar-refractivity contribution in [1.29, 1.82) is 0 Å². The van der Waals surface area contributed by atoms with Crippen molar-refractivity contribution >= 4 is 17.4 Å². The molecule has 0 aliphatic carbocycles. The van der Waals surface area contributed by atoms with E-state index in [1.165, 1.54) is 10.5 Å². The van der Waals surface area contributed by atoms with Gasteiger partial charge in [-0.25, -0.2) is 0 Å². The first kappa shape index (κ1) is 11.0. The van der Waals surface area contributed by atoms with E-state index in [2.05, 4.69) is 17.1 Å². The van der Waals surface area contributed by atoms with Crippen LogP contribution >= 0.6 is 11.8 Å². The van der Waals surface area contributed by atoms with Gasteiger partial charge in [0.25, 0.3) is 0 Å². The Kier molecular flexibility index (Phi) is 3.47. The fourth-order valence-corrected chi connectivity index (χ4v) is 2.33. The number of nitrogens with zero attached hydrogens (tertiary/aromatic N) is 1. The average molecular weight is 230 g/mol. The van der Waals surface area contributed by atoms with Crippen LogP contribution in [0, 0.1) is 6.92 Å². The molecule has 2 N–H and O–H groups in total. The summed E-state index contributed by atoms with van der Waals surface area (Å²) in [7, 11) is 0. The van der Waals surface area contributed by atoms with Crippen LogP contribution in [0.3, 0.4) is 0 Å². The second-order valence-electron chi connectivity index (χ2n) is 3.66. The van der Waals surface area contributed by atoms with Gasteiger partial charge in [0.15, 0.2) is 0 Å². The Bertz CT molecular complexity index is 469. The van der Waals surface area contributed by atoms with Crippen LogP contribution in [0.5, 0.6) is 0 Å². The quantitative estimate of drug-likeness (QED) is 0.649. The van der Waals surface area contributed by atoms with E-state index in [1.807, 2.05) is 49.3 Å². The third kappa shape index (κ3) is 2.76. The number of rotatable bonds is 3. The van der Waals surface area contributed by atoms with Crippen LogP contribution in [0.4, 0.5) is 5.69 Å². The van der Waals surface area contributed by atoms with Gasteiger partial charge < -0.3 is 5.73 Å². The Balaban J connectivity index is 2.03. The molecule has 0 bridgehead atoms. The Morgan fingerprint density at radius 1 is 1.19 bits per heavy atom. The van der Waals surface area contributed by atoms with Crippen LogP contribution in [0.1, 0.15) is 11.1 Å². The summed E-state index contributed by atoms with van der Waals surface area (Å²) >= 11 is 1.81. The van der Waals surface area contributed by atoms with E-state index in [4.69, 9.17) is 5.73 Å². The minimum Gasteiger partial charge on any atom is -0.399 e. The number of hydrogen-bond donors (Lipinski definition) is 1. The molecule has 0 unspecified atom stereocenters. The molecule has 0 aliphatic rings. The molecule has 2 nitrogen and oxygen atoms in total. The molecule has 82 valence electrons. The molecule has 2 rings (SSSR count). The number of hydrogen-bond acceptors (Lipinski definition) is 3. The van der Waals surface area contributed by atoms with Crippen LogP contribution in [0.25, 0.3) is 0 Å². The van der Waals surface area contributed by atoms with Crippen LogP contribution in [-0.4, -0.2) is 4.98 Å². The van der Waals surface area contributed by atoms with Gasteiger partial charge in [0.1, 0.15) is 0 Å². The molecular weight excluding hydrogens is 216 g/mol. The molecule has 3 heteroatoms. The molecule has 1 aromatic carbocycles. The van der Waals surface area contributed by atoms with Crippen molar-refractivity contribution in [2.45, 2.75) is 17.6 Å². The first-order chi connectivity index (χ1) is 7.75. The van der Waals surface area contributed by atoms with Gasteiger partial charge in [0.05, 0.1) is 0 Å². The second kappa shape index (κ2) is 5.03. The fraction of sp³-hybridized carbons (Fsp3) is 0.154. The minimum atomic E-state index is 0.855. The zero-order valence-corrected chi connectivity index (χ0v) is 10.00. The summed E-state index contributed by atoms with van der Waals surface area (Å²) in [5.74, 6) is 0.964. The van der Waals surface area contributed by atoms with Crippen LogP contribution in [0.15, 0.2) is 47.6 Å². The van der Waals surface area contributed by atoms with E-state index in [-0.39, 0.29) is 0 Å². The molecule has 0 fully saturated rings. The van der Waals surface area contributed by atoms with Crippen LogP contribution in [-0.2, 0) is 5.75 Å². The summed E-state index contributed by atoms with van der Waals surface area (Å²) < 4.78 is 0. The molecule has 0 saturated carbocycles. The van der Waals surface area contributed by atoms with Crippen molar-refractivity contribution in [3.05, 3.63) is 53.9 Å². The highest BCUT2D eigenvalue weighted by Gasteiger charge is 1.98.